The van der Waals surface area contributed by atoms with Crippen molar-refractivity contribution in [3.63, 3.8) is 0 Å². The number of hydrogen-bond acceptors (Lipinski definition) is 31. The summed E-state index contributed by atoms with van der Waals surface area (Å²) in [6.07, 6.45) is 11.3. The molecular weight excluding hydrogens is 1650 g/mol. The standard InChI is InChI=1S/C21H16N2O3.C17H15N3O3.2C15H12N2O3.C14H9N2O2.C11H7N3OS.2Na.H2O/c24-18-12-6-4-10-16(18)21-22-20(23-26-21)17-11-5-7-13-19(17)25-14-15-8-2-1-3-9-15;1-22-10-6-7-14-12(8-10)13(9-18-14)17-20-19-16(23-17)11-4-2-3-5-15(11)21;1-19-13-9-5-3-7-11(13)14-16-15(20-17-14)10-6-2-4-8-12(10)18;18-9-10-5-1-2-6-11(10)15-16-14(17-20-15)12-7-3-4-8-13(12)19;17-12-9-5-4-8-11(12)13-15-14(18-16-13)10-6-2-1-3-7-10;1-3-8(7-12-5-1)10-13-11(15-14-10)9-4-2-6-16-9;;;/h1-13,24H,14H2;2-9,12,14,18,21H,1H3;2-9,18H,1H3;1-8,18-19H,9H2;1-6,8-9,17H;1-7H;;;1H2/q;;;;-1;;2*+1;/p-2. The monoisotopic (exact) mass is 1720 g/mol. The number of fused-ring (bicyclic) bond motifs is 1. The Hall–Kier alpha value is -14.8. The summed E-state index contributed by atoms with van der Waals surface area (Å²) in [7, 11) is 3.23. The molecule has 0 saturated heterocycles. The van der Waals surface area contributed by atoms with Gasteiger partial charge in [-0.1, -0.05) is 195 Å². The zero-order chi connectivity index (χ0) is 84.6. The van der Waals surface area contributed by atoms with Crippen molar-refractivity contribution in [2.75, 3.05) is 14.2 Å². The van der Waals surface area contributed by atoms with E-state index in [2.05, 4.69) is 77.3 Å². The molecule has 9 heterocycles. The average molecular weight is 1720 g/mol. The van der Waals surface area contributed by atoms with Gasteiger partial charge in [0.15, 0.2) is 11.7 Å². The van der Waals surface area contributed by atoms with Gasteiger partial charge in [0.1, 0.15) is 46.9 Å². The molecule has 8 aromatic heterocycles. The van der Waals surface area contributed by atoms with Crippen LogP contribution >= 0.6 is 11.3 Å². The van der Waals surface area contributed by atoms with E-state index in [0.717, 1.165) is 38.5 Å². The number of aliphatic hydroxyl groups is 1. The van der Waals surface area contributed by atoms with Crippen LogP contribution in [0.4, 0.5) is 0 Å². The van der Waals surface area contributed by atoms with Gasteiger partial charge >= 0.3 is 59.1 Å². The van der Waals surface area contributed by atoms with E-state index in [4.69, 9.17) is 41.2 Å². The predicted molar refractivity (Wildman–Crippen MR) is 454 cm³/mol. The van der Waals surface area contributed by atoms with Gasteiger partial charge in [-0.3, -0.25) is 4.98 Å². The van der Waals surface area contributed by atoms with E-state index in [0.29, 0.717) is 121 Å². The number of aliphatic hydroxyl groups excluding tert-OH is 1. The number of aromatic hydroxyl groups is 4. The number of benzene rings is 10. The number of aromatic nitrogens is 13. The van der Waals surface area contributed by atoms with Gasteiger partial charge in [0.05, 0.1) is 65.1 Å². The van der Waals surface area contributed by atoms with Gasteiger partial charge in [0, 0.05) is 46.8 Å². The Morgan fingerprint density at radius 2 is 0.937 bits per heavy atom. The second kappa shape index (κ2) is 44.3. The number of allylic oxidation sites excluding steroid dienone is 1. The summed E-state index contributed by atoms with van der Waals surface area (Å²) in [5, 5.41) is 93.4. The van der Waals surface area contributed by atoms with E-state index in [1.807, 2.05) is 169 Å². The van der Waals surface area contributed by atoms with Crippen LogP contribution in [-0.4, -0.2) is 117 Å². The molecule has 20 rings (SSSR count). The first-order chi connectivity index (χ1) is 60.4. The van der Waals surface area contributed by atoms with E-state index in [1.165, 1.54) is 6.07 Å². The van der Waals surface area contributed by atoms with Gasteiger partial charge in [-0.15, -0.1) is 51.9 Å². The van der Waals surface area contributed by atoms with Crippen molar-refractivity contribution in [2.45, 2.75) is 19.3 Å². The molecule has 618 valence electrons. The smallest absolute Gasteiger partial charge is 0.872 e. The Kier molecular flexibility index (Phi) is 31.8. The fourth-order valence-electron chi connectivity index (χ4n) is 12.3. The molecule has 0 bridgehead atoms. The van der Waals surface area contributed by atoms with Crippen LogP contribution < -0.4 is 79.0 Å². The van der Waals surface area contributed by atoms with Gasteiger partial charge < -0.3 is 82.7 Å². The SMILES string of the molecule is COC1=CC2C(c3nnc(-c4ccccc4O)o3)=CNC2C=C1.COc1ccccc1-c1noc(-c2ccccc2O)n1.OCc1ccccc1-c1nc(-c2ccccc2O)no1.Oc1ccccc1-c1nc(-c2ccccc2OCc2ccccc2)no1.[Na+].[Na+].[O-]c1ccccc1-c1noc(-c2[c-]cccc2)n1.[OH-].c1cncc(-c2noc(-c3cccs3)n2)c1. The largest absolute Gasteiger partial charge is 1.00 e. The first kappa shape index (κ1) is 90.5. The van der Waals surface area contributed by atoms with Crippen LogP contribution in [-0.2, 0) is 18.0 Å². The summed E-state index contributed by atoms with van der Waals surface area (Å²) in [6.45, 7) is 0.340. The number of para-hydroxylation sites is 7. The van der Waals surface area contributed by atoms with Crippen molar-refractivity contribution in [2.24, 2.45) is 5.92 Å². The quantitative estimate of drug-likeness (QED) is 0.0343. The van der Waals surface area contributed by atoms with Gasteiger partial charge in [-0.2, -0.15) is 19.9 Å². The topological polar surface area (TPSA) is 440 Å². The van der Waals surface area contributed by atoms with Crippen molar-refractivity contribution >= 4 is 16.9 Å². The number of pyridine rings is 1. The number of rotatable bonds is 18. The minimum atomic E-state index is -0.123. The third kappa shape index (κ3) is 22.4. The first-order valence-electron chi connectivity index (χ1n) is 37.8. The molecular formula is C93H71N14Na2O16S-. The van der Waals surface area contributed by atoms with Crippen LogP contribution in [0.25, 0.3) is 131 Å². The second-order valence-electron chi connectivity index (χ2n) is 26.3. The van der Waals surface area contributed by atoms with Crippen LogP contribution in [0.2, 0.25) is 0 Å². The molecule has 2 unspecified atom stereocenters. The maximum absolute atomic E-state index is 11.6. The summed E-state index contributed by atoms with van der Waals surface area (Å²) in [6, 6.07) is 84.1. The molecule has 1 aliphatic heterocycles. The van der Waals surface area contributed by atoms with Crippen LogP contribution in [0.5, 0.6) is 40.2 Å². The number of phenols is 4. The Bertz CT molecular complexity index is 6480. The molecule has 0 fully saturated rings. The maximum atomic E-state index is 11.6. The second-order valence-corrected chi connectivity index (χ2v) is 27.3. The van der Waals surface area contributed by atoms with Crippen LogP contribution in [0, 0.1) is 12.0 Å². The van der Waals surface area contributed by atoms with Crippen LogP contribution in [0.15, 0.2) is 348 Å². The normalized spacial score (nSPS) is 12.4. The molecule has 0 amide bonds. The molecule has 0 radical (unpaired) electrons. The zero-order valence-electron chi connectivity index (χ0n) is 67.6. The Morgan fingerprint density at radius 1 is 0.452 bits per heavy atom. The van der Waals surface area contributed by atoms with Crippen LogP contribution in [0.3, 0.4) is 0 Å². The summed E-state index contributed by atoms with van der Waals surface area (Å²) in [5.74, 6) is 6.97. The number of methoxy groups -OCH3 is 2. The molecule has 0 spiro atoms. The molecule has 18 aromatic rings. The third-order valence-electron chi connectivity index (χ3n) is 18.4. The number of ether oxygens (including phenoxy) is 3. The molecule has 30 nitrogen and oxygen atoms in total. The van der Waals surface area contributed by atoms with Gasteiger partial charge in [0.25, 0.3) is 29.5 Å². The summed E-state index contributed by atoms with van der Waals surface area (Å²) in [5.41, 5.74) is 8.86. The van der Waals surface area contributed by atoms with Gasteiger partial charge in [-0.05, 0) is 126 Å². The van der Waals surface area contributed by atoms with E-state index < -0.39 is 0 Å². The number of nitrogens with one attached hydrogen (secondary N) is 1. The van der Waals surface area contributed by atoms with Gasteiger partial charge in [-0.25, -0.2) is 4.98 Å². The predicted octanol–water partition coefficient (Wildman–Crippen LogP) is 11.8. The van der Waals surface area contributed by atoms with E-state index in [-0.39, 0.29) is 124 Å². The van der Waals surface area contributed by atoms with Crippen LogP contribution in [0.1, 0.15) is 17.0 Å². The first-order valence-corrected chi connectivity index (χ1v) is 38.6. The molecule has 33 heteroatoms. The molecule has 126 heavy (non-hydrogen) atoms. The molecule has 0 saturated carbocycles. The van der Waals surface area contributed by atoms with E-state index in [1.54, 1.807) is 165 Å². The minimum absolute atomic E-state index is 0. The number of thiophene rings is 1. The Morgan fingerprint density at radius 3 is 1.51 bits per heavy atom. The van der Waals surface area contributed by atoms with Crippen molar-refractivity contribution in [3.8, 4) is 165 Å². The molecule has 10 aromatic carbocycles. The number of phenolic OH excluding ortho intramolecular Hbond substituents is 4. The van der Waals surface area contributed by atoms with Crippen molar-refractivity contribution < 1.29 is 136 Å². The average Bonchev–Trinajstić information content (AvgIpc) is 1.64. The fraction of sp³-hybridized carbons (Fsp3) is 0.0645. The minimum Gasteiger partial charge on any atom is -0.872 e. The van der Waals surface area contributed by atoms with E-state index >= 15 is 0 Å². The summed E-state index contributed by atoms with van der Waals surface area (Å²) >= 11 is 1.57. The molecule has 1 aliphatic carbocycles. The fourth-order valence-corrected chi connectivity index (χ4v) is 12.9. The zero-order valence-corrected chi connectivity index (χ0v) is 72.4. The van der Waals surface area contributed by atoms with Crippen molar-refractivity contribution in [1.82, 2.24) is 71.2 Å². The summed E-state index contributed by atoms with van der Waals surface area (Å²) in [4.78, 5) is 26.5. The summed E-state index contributed by atoms with van der Waals surface area (Å²) < 4.78 is 48.3. The van der Waals surface area contributed by atoms with Crippen molar-refractivity contribution in [3.05, 3.63) is 344 Å². The number of nitrogens with zero attached hydrogens (tertiary/aromatic N) is 13. The Labute approximate surface area is 767 Å². The molecule has 7 N–H and O–H groups in total. The Balaban J connectivity index is 0.000000138. The number of hydrogen-bond donors (Lipinski definition) is 6. The molecule has 2 aliphatic rings. The van der Waals surface area contributed by atoms with Gasteiger partial charge in [0.2, 0.25) is 29.2 Å². The third-order valence-corrected chi connectivity index (χ3v) is 19.3. The maximum Gasteiger partial charge on any atom is 1.00 e. The van der Waals surface area contributed by atoms with E-state index in [9.17, 15) is 30.6 Å². The van der Waals surface area contributed by atoms with Crippen molar-refractivity contribution in [1.29, 1.82) is 0 Å². The molecule has 2 atom stereocenters.